The fourth-order valence-electron chi connectivity index (χ4n) is 2.36. The molecule has 0 radical (unpaired) electrons. The third kappa shape index (κ3) is 2.78. The highest BCUT2D eigenvalue weighted by atomic mass is 127. The summed E-state index contributed by atoms with van der Waals surface area (Å²) >= 11 is 2.28. The van der Waals surface area contributed by atoms with Crippen molar-refractivity contribution in [2.24, 2.45) is 0 Å². The van der Waals surface area contributed by atoms with Crippen molar-refractivity contribution in [2.45, 2.75) is 10.8 Å². The van der Waals surface area contributed by atoms with Gasteiger partial charge in [0.15, 0.2) is 0 Å². The topological polar surface area (TPSA) is 49.4 Å². The Labute approximate surface area is 136 Å². The lowest BCUT2D eigenvalue weighted by Gasteiger charge is -2.23. The molecular weight excluding hydrogens is 379 g/mol. The number of anilines is 3. The molecule has 0 aliphatic carbocycles. The zero-order chi connectivity index (χ0) is 14.8. The fraction of sp³-hybridized carbons (Fsp3) is 0.125. The zero-order valence-corrected chi connectivity index (χ0v) is 13.3. The first kappa shape index (κ1) is 14.1. The molecule has 0 atom stereocenters. The number of nitrogens with zero attached hydrogens (tertiary/aromatic N) is 1. The number of nitrogens with one attached hydrogen (secondary N) is 1. The highest BCUT2D eigenvalue weighted by Crippen LogP contribution is 2.36. The molecule has 1 N–H and O–H groups in total. The van der Waals surface area contributed by atoms with E-state index in [9.17, 15) is 9.59 Å². The lowest BCUT2D eigenvalue weighted by Crippen LogP contribution is -2.26. The number of fused-ring (bicyclic) bond motifs is 1. The molecule has 0 saturated carbocycles. The van der Waals surface area contributed by atoms with Crippen LogP contribution in [0.2, 0.25) is 0 Å². The second-order valence-corrected chi connectivity index (χ2v) is 5.54. The van der Waals surface area contributed by atoms with Gasteiger partial charge >= 0.3 is 0 Å². The van der Waals surface area contributed by atoms with Crippen molar-refractivity contribution in [1.29, 1.82) is 0 Å². The second-order valence-electron chi connectivity index (χ2n) is 4.77. The monoisotopic (exact) mass is 392 g/mol. The second kappa shape index (κ2) is 5.85. The first-order valence-corrected chi connectivity index (χ1v) is 8.08. The first-order valence-electron chi connectivity index (χ1n) is 6.56. The molecule has 2 aromatic carbocycles. The molecule has 2 amide bonds. The summed E-state index contributed by atoms with van der Waals surface area (Å²) in [5.74, 6) is -0.495. The van der Waals surface area contributed by atoms with Crippen molar-refractivity contribution in [3.63, 3.8) is 0 Å². The molecule has 1 aliphatic heterocycles. The molecule has 5 heteroatoms. The van der Waals surface area contributed by atoms with Crippen LogP contribution in [0.1, 0.15) is 12.0 Å². The number of hydrogen-bond donors (Lipinski definition) is 1. The van der Waals surface area contributed by atoms with Crippen LogP contribution in [-0.4, -0.2) is 11.8 Å². The van der Waals surface area contributed by atoms with E-state index in [0.29, 0.717) is 5.69 Å². The number of amides is 2. The molecule has 0 bridgehead atoms. The quantitative estimate of drug-likeness (QED) is 0.482. The minimum absolute atomic E-state index is 0.150. The van der Waals surface area contributed by atoms with E-state index in [-0.39, 0.29) is 18.2 Å². The van der Waals surface area contributed by atoms with Gasteiger partial charge in [-0.1, -0.05) is 46.9 Å². The third-order valence-corrected chi connectivity index (χ3v) is 4.19. The van der Waals surface area contributed by atoms with Crippen molar-refractivity contribution >= 4 is 51.5 Å². The Morgan fingerprint density at radius 3 is 2.57 bits per heavy atom. The largest absolute Gasteiger partial charge is 0.324 e. The number of carbonyl (C=O) groups excluding carboxylic acids is 2. The summed E-state index contributed by atoms with van der Waals surface area (Å²) in [7, 11) is 0. The van der Waals surface area contributed by atoms with Gasteiger partial charge in [-0.25, -0.2) is 0 Å². The van der Waals surface area contributed by atoms with Gasteiger partial charge in [0.2, 0.25) is 11.8 Å². The number of halogens is 1. The smallest absolute Gasteiger partial charge is 0.241 e. The van der Waals surface area contributed by atoms with Gasteiger partial charge in [-0.3, -0.25) is 14.5 Å². The first-order chi connectivity index (χ1) is 10.2. The predicted molar refractivity (Wildman–Crippen MR) is 91.0 cm³/mol. The van der Waals surface area contributed by atoms with E-state index in [1.807, 2.05) is 48.5 Å². The van der Waals surface area contributed by atoms with E-state index in [1.165, 1.54) is 0 Å². The Morgan fingerprint density at radius 2 is 1.86 bits per heavy atom. The van der Waals surface area contributed by atoms with Gasteiger partial charge in [0.25, 0.3) is 0 Å². The van der Waals surface area contributed by atoms with E-state index < -0.39 is 0 Å². The number of hydrogen-bond acceptors (Lipinski definition) is 2. The molecule has 21 heavy (non-hydrogen) atoms. The Morgan fingerprint density at radius 1 is 1.10 bits per heavy atom. The molecule has 3 rings (SSSR count). The number of para-hydroxylation sites is 1. The van der Waals surface area contributed by atoms with Crippen molar-refractivity contribution in [3.8, 4) is 0 Å². The van der Waals surface area contributed by atoms with Gasteiger partial charge in [-0.2, -0.15) is 0 Å². The Bertz CT molecular complexity index is 701. The van der Waals surface area contributed by atoms with Crippen LogP contribution in [-0.2, 0) is 14.0 Å². The van der Waals surface area contributed by atoms with E-state index >= 15 is 0 Å². The van der Waals surface area contributed by atoms with Gasteiger partial charge in [0.1, 0.15) is 6.42 Å². The van der Waals surface area contributed by atoms with Crippen LogP contribution in [0.3, 0.4) is 0 Å². The average molecular weight is 392 g/mol. The molecular formula is C16H13IN2O2. The summed E-state index contributed by atoms with van der Waals surface area (Å²) in [6.07, 6.45) is -0.150. The molecule has 1 aliphatic rings. The van der Waals surface area contributed by atoms with E-state index in [2.05, 4.69) is 27.9 Å². The molecule has 0 unspecified atom stereocenters. The van der Waals surface area contributed by atoms with Crippen molar-refractivity contribution < 1.29 is 9.59 Å². The van der Waals surface area contributed by atoms with Crippen LogP contribution in [0.15, 0.2) is 48.5 Å². The SMILES string of the molecule is O=C1CC(=O)N(c2ccccc2)c2cc(CI)ccc2N1. The minimum Gasteiger partial charge on any atom is -0.324 e. The van der Waals surface area contributed by atoms with Crippen LogP contribution in [0.25, 0.3) is 0 Å². The Hall–Kier alpha value is -1.89. The summed E-state index contributed by atoms with van der Waals surface area (Å²) < 4.78 is 0.843. The molecule has 4 nitrogen and oxygen atoms in total. The lowest BCUT2D eigenvalue weighted by atomic mass is 10.1. The normalized spacial score (nSPS) is 14.4. The highest BCUT2D eigenvalue weighted by molar-refractivity contribution is 14.1. The van der Waals surface area contributed by atoms with Crippen LogP contribution < -0.4 is 10.2 Å². The summed E-state index contributed by atoms with van der Waals surface area (Å²) in [5.41, 5.74) is 3.28. The maximum Gasteiger partial charge on any atom is 0.241 e. The number of carbonyl (C=O) groups is 2. The maximum absolute atomic E-state index is 12.5. The molecule has 106 valence electrons. The van der Waals surface area contributed by atoms with Crippen molar-refractivity contribution in [1.82, 2.24) is 0 Å². The zero-order valence-electron chi connectivity index (χ0n) is 11.2. The van der Waals surface area contributed by atoms with Gasteiger partial charge in [-0.05, 0) is 29.8 Å². The maximum atomic E-state index is 12.5. The van der Waals surface area contributed by atoms with Crippen LogP contribution in [0.5, 0.6) is 0 Å². The summed E-state index contributed by atoms with van der Waals surface area (Å²) in [6, 6.07) is 15.2. The van der Waals surface area contributed by atoms with E-state index in [4.69, 9.17) is 0 Å². The van der Waals surface area contributed by atoms with Gasteiger partial charge in [0.05, 0.1) is 11.4 Å². The van der Waals surface area contributed by atoms with Crippen molar-refractivity contribution in [3.05, 3.63) is 54.1 Å². The average Bonchev–Trinajstić information content (AvgIpc) is 2.61. The standard InChI is InChI=1S/C16H13IN2O2/c17-10-11-6-7-13-14(8-11)19(12-4-2-1-3-5-12)16(21)9-15(20)18-13/h1-8H,9-10H2,(H,18,20). The van der Waals surface area contributed by atoms with Gasteiger partial charge in [-0.15, -0.1) is 0 Å². The van der Waals surface area contributed by atoms with E-state index in [1.54, 1.807) is 4.90 Å². The Kier molecular flexibility index (Phi) is 3.92. The number of benzene rings is 2. The molecule has 0 saturated heterocycles. The number of alkyl halides is 1. The highest BCUT2D eigenvalue weighted by Gasteiger charge is 2.27. The molecule has 0 fully saturated rings. The van der Waals surface area contributed by atoms with E-state index in [0.717, 1.165) is 21.4 Å². The summed E-state index contributed by atoms with van der Waals surface area (Å²) in [5, 5.41) is 2.80. The van der Waals surface area contributed by atoms with Gasteiger partial charge in [0, 0.05) is 10.1 Å². The van der Waals surface area contributed by atoms with Crippen LogP contribution in [0.4, 0.5) is 17.1 Å². The molecule has 2 aromatic rings. The van der Waals surface area contributed by atoms with Crippen molar-refractivity contribution in [2.75, 3.05) is 10.2 Å². The predicted octanol–water partition coefficient (Wildman–Crippen LogP) is 3.63. The third-order valence-electron chi connectivity index (χ3n) is 3.31. The molecule has 0 spiro atoms. The number of rotatable bonds is 2. The molecule has 1 heterocycles. The van der Waals surface area contributed by atoms with Gasteiger partial charge < -0.3 is 5.32 Å². The molecule has 0 aromatic heterocycles. The minimum atomic E-state index is -0.276. The summed E-state index contributed by atoms with van der Waals surface area (Å²) in [6.45, 7) is 0. The Balaban J connectivity index is 2.18. The van der Waals surface area contributed by atoms with Crippen LogP contribution in [0, 0.1) is 0 Å². The fourth-order valence-corrected chi connectivity index (χ4v) is 2.83. The van der Waals surface area contributed by atoms with Crippen LogP contribution >= 0.6 is 22.6 Å². The lowest BCUT2D eigenvalue weighted by molar-refractivity contribution is -0.124. The summed E-state index contributed by atoms with van der Waals surface area (Å²) in [4.78, 5) is 25.9.